The predicted octanol–water partition coefficient (Wildman–Crippen LogP) is 3.09. The number of carboxylic acids is 1. The van der Waals surface area contributed by atoms with Crippen molar-refractivity contribution in [2.75, 3.05) is 0 Å². The second-order valence-corrected chi connectivity index (χ2v) is 5.41. The summed E-state index contributed by atoms with van der Waals surface area (Å²) in [6.45, 7) is 0. The summed E-state index contributed by atoms with van der Waals surface area (Å²) in [5.74, 6) is -0.830. The van der Waals surface area contributed by atoms with E-state index in [1.165, 1.54) is 20.5 Å². The fraction of sp³-hybridized carbons (Fsp3) is 0.308. The highest BCUT2D eigenvalue weighted by molar-refractivity contribution is 7.19. The van der Waals surface area contributed by atoms with Crippen LogP contribution in [0.15, 0.2) is 24.3 Å². The van der Waals surface area contributed by atoms with Crippen molar-refractivity contribution in [2.24, 2.45) is 5.92 Å². The lowest BCUT2D eigenvalue weighted by molar-refractivity contribution is -0.142. The van der Waals surface area contributed by atoms with Gasteiger partial charge in [-0.2, -0.15) is 0 Å². The summed E-state index contributed by atoms with van der Waals surface area (Å²) in [7, 11) is 0. The first kappa shape index (κ1) is 9.85. The lowest BCUT2D eigenvalue weighted by Crippen LogP contribution is -2.20. The highest BCUT2D eigenvalue weighted by Crippen LogP contribution is 2.37. The van der Waals surface area contributed by atoms with Crippen molar-refractivity contribution in [1.29, 1.82) is 0 Å². The Morgan fingerprint density at radius 1 is 1.38 bits per heavy atom. The smallest absolute Gasteiger partial charge is 0.306 e. The van der Waals surface area contributed by atoms with Crippen molar-refractivity contribution >= 4 is 27.4 Å². The lowest BCUT2D eigenvalue weighted by atomic mass is 9.88. The highest BCUT2D eigenvalue weighted by atomic mass is 32.1. The Bertz CT molecular complexity index is 556. The molecule has 16 heavy (non-hydrogen) atoms. The topological polar surface area (TPSA) is 37.3 Å². The Hall–Kier alpha value is -1.35. The van der Waals surface area contributed by atoms with Crippen LogP contribution < -0.4 is 0 Å². The van der Waals surface area contributed by atoms with Crippen LogP contribution in [-0.4, -0.2) is 11.1 Å². The molecule has 2 aromatic rings. The number of carbonyl (C=O) groups is 1. The summed E-state index contributed by atoms with van der Waals surface area (Å²) >= 11 is 1.76. The maximum atomic E-state index is 11.0. The molecule has 0 aliphatic heterocycles. The van der Waals surface area contributed by atoms with Crippen LogP contribution in [0.5, 0.6) is 0 Å². The molecule has 3 rings (SSSR count). The van der Waals surface area contributed by atoms with Crippen LogP contribution in [0.2, 0.25) is 0 Å². The molecule has 0 saturated carbocycles. The van der Waals surface area contributed by atoms with E-state index in [9.17, 15) is 4.79 Å². The molecule has 0 radical (unpaired) electrons. The molecule has 2 nitrogen and oxygen atoms in total. The second kappa shape index (κ2) is 3.59. The minimum absolute atomic E-state index is 0.180. The highest BCUT2D eigenvalue weighted by Gasteiger charge is 2.26. The molecule has 82 valence electrons. The van der Waals surface area contributed by atoms with Gasteiger partial charge >= 0.3 is 5.97 Å². The van der Waals surface area contributed by atoms with E-state index in [-0.39, 0.29) is 5.92 Å². The molecule has 1 aromatic heterocycles. The van der Waals surface area contributed by atoms with Gasteiger partial charge < -0.3 is 5.11 Å². The zero-order valence-electron chi connectivity index (χ0n) is 8.77. The Labute approximate surface area is 97.5 Å². The van der Waals surface area contributed by atoms with Gasteiger partial charge in [-0.25, -0.2) is 0 Å². The van der Waals surface area contributed by atoms with Crippen LogP contribution in [0.1, 0.15) is 16.9 Å². The zero-order valence-corrected chi connectivity index (χ0v) is 9.59. The van der Waals surface area contributed by atoms with Gasteiger partial charge in [0.1, 0.15) is 0 Å². The summed E-state index contributed by atoms with van der Waals surface area (Å²) in [5.41, 5.74) is 1.39. The van der Waals surface area contributed by atoms with Gasteiger partial charge in [-0.15, -0.1) is 11.3 Å². The van der Waals surface area contributed by atoms with E-state index in [1.54, 1.807) is 11.3 Å². The van der Waals surface area contributed by atoms with E-state index >= 15 is 0 Å². The van der Waals surface area contributed by atoms with Crippen molar-refractivity contribution in [1.82, 2.24) is 0 Å². The van der Waals surface area contributed by atoms with E-state index in [1.807, 2.05) is 6.07 Å². The fourth-order valence-corrected chi connectivity index (χ4v) is 3.78. The van der Waals surface area contributed by atoms with Gasteiger partial charge in [0.05, 0.1) is 5.92 Å². The second-order valence-electron chi connectivity index (χ2n) is 4.28. The standard InChI is InChI=1S/C13H12O2S/c14-13(15)8-5-6-10-9-3-1-2-4-11(9)16-12(10)7-8/h1-4,8H,5-7H2,(H,14,15)/t8-/m0/s1. The molecule has 1 aliphatic carbocycles. The van der Waals surface area contributed by atoms with Crippen molar-refractivity contribution in [2.45, 2.75) is 19.3 Å². The molecule has 3 heteroatoms. The van der Waals surface area contributed by atoms with E-state index in [0.717, 1.165) is 12.8 Å². The quantitative estimate of drug-likeness (QED) is 0.820. The van der Waals surface area contributed by atoms with Gasteiger partial charge in [0.2, 0.25) is 0 Å². The summed E-state index contributed by atoms with van der Waals surface area (Å²) in [5, 5.41) is 10.4. The van der Waals surface area contributed by atoms with Gasteiger partial charge in [-0.3, -0.25) is 4.79 Å². The number of hydrogen-bond donors (Lipinski definition) is 1. The zero-order chi connectivity index (χ0) is 11.1. The molecule has 0 bridgehead atoms. The van der Waals surface area contributed by atoms with Gasteiger partial charge in [0.25, 0.3) is 0 Å². The molecule has 0 amide bonds. The minimum Gasteiger partial charge on any atom is -0.481 e. The van der Waals surface area contributed by atoms with Gasteiger partial charge in [0, 0.05) is 9.58 Å². The first-order valence-electron chi connectivity index (χ1n) is 5.48. The van der Waals surface area contributed by atoms with Crippen LogP contribution >= 0.6 is 11.3 Å². The van der Waals surface area contributed by atoms with E-state index in [2.05, 4.69) is 18.2 Å². The molecule has 0 fully saturated rings. The Balaban J connectivity index is 2.09. The third-order valence-corrected chi connectivity index (χ3v) is 4.54. The molecule has 1 heterocycles. The number of carboxylic acid groups (broad SMARTS) is 1. The Kier molecular flexibility index (Phi) is 2.21. The summed E-state index contributed by atoms with van der Waals surface area (Å²) in [6, 6.07) is 8.36. The van der Waals surface area contributed by atoms with Crippen LogP contribution in [0.25, 0.3) is 10.1 Å². The maximum absolute atomic E-state index is 11.0. The number of hydrogen-bond acceptors (Lipinski definition) is 2. The molecule has 1 N–H and O–H groups in total. The molecule has 0 saturated heterocycles. The number of rotatable bonds is 1. The molecule has 1 atom stereocenters. The Morgan fingerprint density at radius 2 is 2.19 bits per heavy atom. The fourth-order valence-electron chi connectivity index (χ4n) is 2.44. The van der Waals surface area contributed by atoms with Crippen LogP contribution in [0.3, 0.4) is 0 Å². The number of fused-ring (bicyclic) bond motifs is 3. The average molecular weight is 232 g/mol. The third-order valence-electron chi connectivity index (χ3n) is 3.31. The van der Waals surface area contributed by atoms with Gasteiger partial charge in [-0.05, 0) is 36.3 Å². The number of benzene rings is 1. The number of aliphatic carboxylic acids is 1. The van der Waals surface area contributed by atoms with Crippen LogP contribution in [-0.2, 0) is 17.6 Å². The lowest BCUT2D eigenvalue weighted by Gasteiger charge is -2.18. The largest absolute Gasteiger partial charge is 0.481 e. The normalized spacial score (nSPS) is 19.6. The molecule has 0 unspecified atom stereocenters. The summed E-state index contributed by atoms with van der Waals surface area (Å²) in [6.07, 6.45) is 2.41. The van der Waals surface area contributed by atoms with E-state index in [4.69, 9.17) is 5.11 Å². The Morgan fingerprint density at radius 3 is 3.00 bits per heavy atom. The predicted molar refractivity (Wildman–Crippen MR) is 65.0 cm³/mol. The average Bonchev–Trinajstić information content (AvgIpc) is 2.66. The van der Waals surface area contributed by atoms with Crippen molar-refractivity contribution in [3.8, 4) is 0 Å². The minimum atomic E-state index is -0.650. The molecule has 1 aromatic carbocycles. The maximum Gasteiger partial charge on any atom is 0.306 e. The first-order chi connectivity index (χ1) is 7.75. The molecular weight excluding hydrogens is 220 g/mol. The van der Waals surface area contributed by atoms with Crippen LogP contribution in [0, 0.1) is 5.92 Å². The molecular formula is C13H12O2S. The van der Waals surface area contributed by atoms with Crippen molar-refractivity contribution in [3.05, 3.63) is 34.7 Å². The SMILES string of the molecule is O=C(O)[C@H]1CCc2c(sc3ccccc23)C1. The number of aryl methyl sites for hydroxylation is 1. The van der Waals surface area contributed by atoms with Gasteiger partial charge in [0.15, 0.2) is 0 Å². The molecule has 1 aliphatic rings. The van der Waals surface area contributed by atoms with Crippen LogP contribution in [0.4, 0.5) is 0 Å². The van der Waals surface area contributed by atoms with E-state index in [0.29, 0.717) is 6.42 Å². The monoisotopic (exact) mass is 232 g/mol. The summed E-state index contributed by atoms with van der Waals surface area (Å²) < 4.78 is 1.29. The third kappa shape index (κ3) is 1.43. The van der Waals surface area contributed by atoms with Gasteiger partial charge in [-0.1, -0.05) is 18.2 Å². The summed E-state index contributed by atoms with van der Waals surface area (Å²) in [4.78, 5) is 12.3. The first-order valence-corrected chi connectivity index (χ1v) is 6.29. The number of thiophene rings is 1. The van der Waals surface area contributed by atoms with Crippen molar-refractivity contribution in [3.63, 3.8) is 0 Å². The molecule has 0 spiro atoms. The van der Waals surface area contributed by atoms with Crippen molar-refractivity contribution < 1.29 is 9.90 Å². The van der Waals surface area contributed by atoms with E-state index < -0.39 is 5.97 Å².